The molecule has 0 saturated carbocycles. The number of imidazole rings is 1. The molecular weight excluding hydrogens is 366 g/mol. The number of hydrogen-bond donors (Lipinski definition) is 2. The van der Waals surface area contributed by atoms with Crippen LogP contribution in [0.3, 0.4) is 0 Å². The van der Waals surface area contributed by atoms with E-state index in [0.29, 0.717) is 6.54 Å². The highest BCUT2D eigenvalue weighted by Crippen LogP contribution is 2.20. The number of amides is 2. The van der Waals surface area contributed by atoms with Crippen LogP contribution in [0.25, 0.3) is 5.65 Å². The molecule has 0 unspecified atom stereocenters. The molecule has 0 bridgehead atoms. The highest BCUT2D eigenvalue weighted by atomic mass is 16.5. The van der Waals surface area contributed by atoms with E-state index in [1.54, 1.807) is 0 Å². The molecule has 1 fully saturated rings. The lowest BCUT2D eigenvalue weighted by atomic mass is 10.1. The summed E-state index contributed by atoms with van der Waals surface area (Å²) in [6, 6.07) is 13.5. The summed E-state index contributed by atoms with van der Waals surface area (Å²) in [6.45, 7) is 7.12. The van der Waals surface area contributed by atoms with Crippen LogP contribution in [-0.4, -0.2) is 45.6 Å². The predicted octanol–water partition coefficient (Wildman–Crippen LogP) is 3.27. The molecule has 2 aromatic heterocycles. The molecule has 7 nitrogen and oxygen atoms in total. The van der Waals surface area contributed by atoms with Gasteiger partial charge in [0.1, 0.15) is 5.65 Å². The minimum absolute atomic E-state index is 0.215. The lowest BCUT2D eigenvalue weighted by Gasteiger charge is -2.35. The van der Waals surface area contributed by atoms with E-state index >= 15 is 0 Å². The van der Waals surface area contributed by atoms with Gasteiger partial charge in [-0.1, -0.05) is 24.3 Å². The average Bonchev–Trinajstić information content (AvgIpc) is 3.10. The molecule has 1 aromatic carbocycles. The van der Waals surface area contributed by atoms with Crippen LogP contribution >= 0.6 is 0 Å². The molecule has 1 aliphatic heterocycles. The van der Waals surface area contributed by atoms with Gasteiger partial charge in [-0.15, -0.1) is 0 Å². The number of nitrogens with one attached hydrogen (secondary N) is 2. The fourth-order valence-electron chi connectivity index (χ4n) is 3.84. The highest BCUT2D eigenvalue weighted by Gasteiger charge is 2.22. The number of fused-ring (bicyclic) bond motifs is 1. The van der Waals surface area contributed by atoms with Crippen molar-refractivity contribution >= 4 is 17.4 Å². The van der Waals surface area contributed by atoms with Gasteiger partial charge >= 0.3 is 6.03 Å². The summed E-state index contributed by atoms with van der Waals surface area (Å²) in [5, 5.41) is 5.88. The molecule has 7 heteroatoms. The van der Waals surface area contributed by atoms with E-state index in [9.17, 15) is 4.79 Å². The second-order valence-corrected chi connectivity index (χ2v) is 7.61. The van der Waals surface area contributed by atoms with E-state index in [2.05, 4.69) is 40.4 Å². The Kier molecular flexibility index (Phi) is 5.78. The van der Waals surface area contributed by atoms with E-state index in [1.165, 1.54) is 0 Å². The normalized spacial score (nSPS) is 19.9. The number of rotatable bonds is 5. The predicted molar refractivity (Wildman–Crippen MR) is 113 cm³/mol. The number of urea groups is 1. The minimum atomic E-state index is -0.238. The number of nitrogens with zero attached hydrogens (tertiary/aromatic N) is 3. The van der Waals surface area contributed by atoms with Crippen molar-refractivity contribution in [2.75, 3.05) is 18.4 Å². The number of aromatic nitrogens is 2. The fraction of sp³-hybridized carbons (Fsp3) is 0.364. The Balaban J connectivity index is 1.36. The van der Waals surface area contributed by atoms with Crippen molar-refractivity contribution in [2.24, 2.45) is 0 Å². The first-order chi connectivity index (χ1) is 14.1. The summed E-state index contributed by atoms with van der Waals surface area (Å²) < 4.78 is 7.75. The third-order valence-electron chi connectivity index (χ3n) is 5.00. The van der Waals surface area contributed by atoms with Crippen LogP contribution < -0.4 is 10.6 Å². The number of anilines is 1. The molecule has 3 heterocycles. The van der Waals surface area contributed by atoms with Crippen LogP contribution in [0.1, 0.15) is 25.1 Å². The smallest absolute Gasteiger partial charge is 0.319 e. The molecule has 4 rings (SSSR count). The Morgan fingerprint density at radius 1 is 1.14 bits per heavy atom. The minimum Gasteiger partial charge on any atom is -0.373 e. The van der Waals surface area contributed by atoms with Gasteiger partial charge in [-0.3, -0.25) is 4.90 Å². The summed E-state index contributed by atoms with van der Waals surface area (Å²) in [7, 11) is 0. The average molecular weight is 393 g/mol. The molecule has 2 amide bonds. The monoisotopic (exact) mass is 393 g/mol. The lowest BCUT2D eigenvalue weighted by molar-refractivity contribution is -0.0704. The van der Waals surface area contributed by atoms with Crippen LogP contribution in [-0.2, 0) is 17.8 Å². The van der Waals surface area contributed by atoms with Crippen molar-refractivity contribution in [3.8, 4) is 0 Å². The van der Waals surface area contributed by atoms with Gasteiger partial charge in [0, 0.05) is 37.7 Å². The molecule has 0 spiro atoms. The van der Waals surface area contributed by atoms with Crippen molar-refractivity contribution in [3.63, 3.8) is 0 Å². The van der Waals surface area contributed by atoms with Crippen molar-refractivity contribution < 1.29 is 9.53 Å². The maximum Gasteiger partial charge on any atom is 0.319 e. The third kappa shape index (κ3) is 4.93. The fourth-order valence-corrected chi connectivity index (χ4v) is 3.84. The Hall–Kier alpha value is -2.90. The maximum absolute atomic E-state index is 12.5. The molecule has 3 aromatic rings. The number of morpholine rings is 1. The maximum atomic E-state index is 12.5. The Morgan fingerprint density at radius 2 is 1.90 bits per heavy atom. The van der Waals surface area contributed by atoms with Gasteiger partial charge in [-0.25, -0.2) is 9.78 Å². The Bertz CT molecular complexity index is 943. The second kappa shape index (κ2) is 8.63. The molecule has 152 valence electrons. The number of benzene rings is 1. The molecule has 0 radical (unpaired) electrons. The first-order valence-electron chi connectivity index (χ1n) is 10.00. The van der Waals surface area contributed by atoms with E-state index in [4.69, 9.17) is 4.74 Å². The number of para-hydroxylation sites is 1. The van der Waals surface area contributed by atoms with Gasteiger partial charge < -0.3 is 19.8 Å². The van der Waals surface area contributed by atoms with Crippen molar-refractivity contribution in [1.29, 1.82) is 0 Å². The van der Waals surface area contributed by atoms with Gasteiger partial charge in [0.25, 0.3) is 0 Å². The summed E-state index contributed by atoms with van der Waals surface area (Å²) >= 11 is 0. The van der Waals surface area contributed by atoms with Gasteiger partial charge in [-0.05, 0) is 37.6 Å². The van der Waals surface area contributed by atoms with Crippen LogP contribution in [0.4, 0.5) is 10.5 Å². The number of pyridine rings is 1. The summed E-state index contributed by atoms with van der Waals surface area (Å²) in [6.07, 6.45) is 4.29. The zero-order chi connectivity index (χ0) is 20.2. The first kappa shape index (κ1) is 19.4. The third-order valence-corrected chi connectivity index (χ3v) is 5.00. The Morgan fingerprint density at radius 3 is 2.69 bits per heavy atom. The van der Waals surface area contributed by atoms with Gasteiger partial charge in [0.15, 0.2) is 0 Å². The number of carbonyl (C=O) groups is 1. The molecule has 1 aliphatic rings. The van der Waals surface area contributed by atoms with Crippen LogP contribution in [0.2, 0.25) is 0 Å². The number of hydrogen-bond acceptors (Lipinski definition) is 4. The highest BCUT2D eigenvalue weighted by molar-refractivity contribution is 5.90. The number of ether oxygens (including phenoxy) is 1. The molecular formula is C22H27N5O2. The quantitative estimate of drug-likeness (QED) is 0.698. The molecule has 2 N–H and O–H groups in total. The second-order valence-electron chi connectivity index (χ2n) is 7.61. The van der Waals surface area contributed by atoms with Crippen molar-refractivity contribution in [2.45, 2.75) is 39.1 Å². The van der Waals surface area contributed by atoms with Crippen LogP contribution in [0.15, 0.2) is 54.9 Å². The zero-order valence-corrected chi connectivity index (χ0v) is 16.8. The zero-order valence-electron chi connectivity index (χ0n) is 16.8. The largest absolute Gasteiger partial charge is 0.373 e. The van der Waals surface area contributed by atoms with Gasteiger partial charge in [-0.2, -0.15) is 0 Å². The van der Waals surface area contributed by atoms with E-state index in [1.807, 2.05) is 53.2 Å². The SMILES string of the molecule is C[C@@H]1CN(Cc2ccccc2NC(=O)NCc2cn3ccccc3n2)C[C@H](C)O1. The molecule has 0 aliphatic carbocycles. The molecule has 1 saturated heterocycles. The number of carbonyl (C=O) groups excluding carboxylic acids is 1. The van der Waals surface area contributed by atoms with Crippen molar-refractivity contribution in [1.82, 2.24) is 19.6 Å². The van der Waals surface area contributed by atoms with E-state index < -0.39 is 0 Å². The lowest BCUT2D eigenvalue weighted by Crippen LogP contribution is -2.44. The van der Waals surface area contributed by atoms with Crippen LogP contribution in [0.5, 0.6) is 0 Å². The summed E-state index contributed by atoms with van der Waals surface area (Å²) in [5.41, 5.74) is 3.60. The van der Waals surface area contributed by atoms with Gasteiger partial charge in [0.2, 0.25) is 0 Å². The van der Waals surface area contributed by atoms with Crippen molar-refractivity contribution in [3.05, 3.63) is 66.1 Å². The summed E-state index contributed by atoms with van der Waals surface area (Å²) in [4.78, 5) is 19.3. The Labute approximate surface area is 170 Å². The van der Waals surface area contributed by atoms with E-state index in [-0.39, 0.29) is 18.2 Å². The van der Waals surface area contributed by atoms with E-state index in [0.717, 1.165) is 42.2 Å². The summed E-state index contributed by atoms with van der Waals surface area (Å²) in [5.74, 6) is 0. The topological polar surface area (TPSA) is 70.9 Å². The molecule has 29 heavy (non-hydrogen) atoms. The van der Waals surface area contributed by atoms with Crippen LogP contribution in [0, 0.1) is 0 Å². The van der Waals surface area contributed by atoms with Gasteiger partial charge in [0.05, 0.1) is 24.4 Å². The standard InChI is InChI=1S/C22H27N5O2/c1-16-12-26(13-17(2)29-16)14-18-7-3-4-8-20(18)25-22(28)23-11-19-15-27-10-6-5-9-21(27)24-19/h3-10,15-17H,11-14H2,1-2H3,(H2,23,25,28)/t16-,17+. The molecule has 2 atom stereocenters. The first-order valence-corrected chi connectivity index (χ1v) is 10.00.